The van der Waals surface area contributed by atoms with Gasteiger partial charge in [-0.2, -0.15) is 22.9 Å². The van der Waals surface area contributed by atoms with E-state index in [0.29, 0.717) is 40.0 Å². The van der Waals surface area contributed by atoms with Gasteiger partial charge in [-0.15, -0.1) is 71.8 Å². The Morgan fingerprint density at radius 1 is 0.443 bits per heavy atom. The van der Waals surface area contributed by atoms with E-state index in [1.165, 1.54) is 0 Å². The van der Waals surface area contributed by atoms with Crippen molar-refractivity contribution < 1.29 is 56.3 Å². The molecule has 10 aromatic rings. The second kappa shape index (κ2) is 17.0. The van der Waals surface area contributed by atoms with Crippen LogP contribution < -0.4 is 19.1 Å². The Kier molecular flexibility index (Phi) is 11.0. The smallest absolute Gasteiger partial charge is 0.503 e. The minimum atomic E-state index is 0. The van der Waals surface area contributed by atoms with Crippen LogP contribution in [-0.2, 0) is 42.1 Å². The number of fused-ring (bicyclic) bond motifs is 5. The number of anilines is 3. The first-order chi connectivity index (χ1) is 29.2. The maximum Gasteiger partial charge on any atom is 2.00 e. The van der Waals surface area contributed by atoms with Crippen molar-refractivity contribution in [1.82, 2.24) is 24.5 Å². The van der Waals surface area contributed by atoms with E-state index in [1.54, 1.807) is 12.4 Å². The molecule has 4 aromatic heterocycles. The Balaban J connectivity index is 0.00000238. The maximum absolute atomic E-state index is 6.40. The van der Waals surface area contributed by atoms with E-state index in [9.17, 15) is 0 Å². The van der Waals surface area contributed by atoms with Crippen LogP contribution in [-0.4, -0.2) is 24.5 Å². The number of hydrogen-bond acceptors (Lipinski definition) is 8. The van der Waals surface area contributed by atoms with Crippen molar-refractivity contribution in [2.45, 2.75) is 0 Å². The molecule has 0 unspecified atom stereocenters. The Morgan fingerprint density at radius 3 is 1.41 bits per heavy atom. The summed E-state index contributed by atoms with van der Waals surface area (Å²) in [6.45, 7) is 0. The molecule has 0 radical (unpaired) electrons. The van der Waals surface area contributed by atoms with Gasteiger partial charge in [0.25, 0.3) is 0 Å². The van der Waals surface area contributed by atoms with E-state index in [0.717, 1.165) is 61.8 Å². The fourth-order valence-electron chi connectivity index (χ4n) is 7.27. The molecule has 1 aliphatic heterocycles. The van der Waals surface area contributed by atoms with Crippen LogP contribution >= 0.6 is 0 Å². The molecule has 0 fully saturated rings. The molecule has 0 saturated heterocycles. The number of aromatic nitrogens is 5. The molecule has 0 amide bonds. The normalized spacial score (nSPS) is 11.4. The summed E-state index contributed by atoms with van der Waals surface area (Å²) in [5.41, 5.74) is 7.19. The number of rotatable bonds is 8. The molecule has 11 rings (SSSR count). The van der Waals surface area contributed by atoms with Crippen LogP contribution in [0.1, 0.15) is 0 Å². The van der Waals surface area contributed by atoms with Crippen molar-refractivity contribution in [3.63, 3.8) is 0 Å². The first kappa shape index (κ1) is 39.5. The molecule has 6 aromatic carbocycles. The van der Waals surface area contributed by atoms with Gasteiger partial charge in [-0.25, -0.2) is 9.97 Å². The van der Waals surface area contributed by atoms with E-state index in [4.69, 9.17) is 24.2 Å². The third-order valence-electron chi connectivity index (χ3n) is 9.91. The minimum absolute atomic E-state index is 0. The zero-order valence-corrected chi connectivity index (χ0v) is 36.3. The number of nitrogens with zero attached hydrogens (tertiary/aromatic N) is 6. The van der Waals surface area contributed by atoms with Crippen LogP contribution in [0.2, 0.25) is 0 Å². The summed E-state index contributed by atoms with van der Waals surface area (Å²) in [6.07, 6.45) is 7.15. The molecule has 5 heterocycles. The summed E-state index contributed by atoms with van der Waals surface area (Å²) < 4.78 is 21.0. The maximum atomic E-state index is 6.40. The molecule has 11 heteroatoms. The van der Waals surface area contributed by atoms with Crippen LogP contribution in [0.4, 0.5) is 17.1 Å². The third-order valence-corrected chi connectivity index (χ3v) is 9.91. The van der Waals surface area contributed by atoms with Crippen LogP contribution in [0, 0.1) is 24.3 Å². The average molecular weight is 1150 g/mol. The van der Waals surface area contributed by atoms with Gasteiger partial charge in [0.15, 0.2) is 11.5 Å². The first-order valence-corrected chi connectivity index (χ1v) is 18.9. The Morgan fingerprint density at radius 2 is 0.918 bits per heavy atom. The van der Waals surface area contributed by atoms with Crippen LogP contribution in [0.5, 0.6) is 34.5 Å². The summed E-state index contributed by atoms with van der Waals surface area (Å²) in [4.78, 5) is 21.0. The van der Waals surface area contributed by atoms with Crippen molar-refractivity contribution in [2.24, 2.45) is 0 Å². The van der Waals surface area contributed by atoms with Crippen molar-refractivity contribution >= 4 is 38.9 Å². The summed E-state index contributed by atoms with van der Waals surface area (Å²) in [6, 6.07) is 60.4. The van der Waals surface area contributed by atoms with Crippen LogP contribution in [0.25, 0.3) is 50.3 Å². The Hall–Kier alpha value is -6.92. The zero-order valence-electron chi connectivity index (χ0n) is 31.7. The molecule has 1 aliphatic rings. The largest absolute Gasteiger partial charge is 2.00 e. The second-order valence-electron chi connectivity index (χ2n) is 13.6. The van der Waals surface area contributed by atoms with Gasteiger partial charge in [-0.3, -0.25) is 0 Å². The molecule has 61 heavy (non-hydrogen) atoms. The molecular formula is C50H28N6O3Pt2. The molecule has 0 N–H and O–H groups in total. The monoisotopic (exact) mass is 1150 g/mol. The van der Waals surface area contributed by atoms with Crippen molar-refractivity contribution in [3.05, 3.63) is 195 Å². The average Bonchev–Trinajstić information content (AvgIpc) is 3.61. The number of benzene rings is 6. The standard InChI is InChI=1S/C50H28N6O3.2Pt/c1-3-19-48-44(17-1)55(45-18-2-4-20-49(45)59-48)35-31-53-50(54-32-35)56-46-29-38(57-36-13-9-11-33(27-36)42-15-5-7-25-51-42)21-23-40(46)41-24-22-39(30-47(41)56)58-37-14-10-12-34(28-37)43-16-6-8-26-52-43;;/h1-26,31-32H;;/q-4;2*+2. The minimum Gasteiger partial charge on any atom is -0.503 e. The number of ether oxygens (including phenoxy) is 3. The predicted molar refractivity (Wildman–Crippen MR) is 226 cm³/mol. The van der Waals surface area contributed by atoms with E-state index in [1.807, 2.05) is 163 Å². The quantitative estimate of drug-likeness (QED) is 0.139. The molecular weight excluding hydrogens is 1120 g/mol. The Labute approximate surface area is 379 Å². The fraction of sp³-hybridized carbons (Fsp3) is 0. The summed E-state index contributed by atoms with van der Waals surface area (Å²) in [5, 5.41) is 1.82. The Bertz CT molecular complexity index is 2980. The molecule has 0 aliphatic carbocycles. The SMILES string of the molecule is [Pt+2].[Pt+2].[c-]1c(Oc2[c-]c3c(cc2)c2ccc(Oc4[c-]c(-c5ccccn5)ccc4)[c-]c2n3-c2ncc(N3c4ccccc4Oc4ccccc43)cn2)cccc1-c1ccccn1. The molecule has 296 valence electrons. The van der Waals surface area contributed by atoms with Gasteiger partial charge >= 0.3 is 42.1 Å². The van der Waals surface area contributed by atoms with Gasteiger partial charge < -0.3 is 33.6 Å². The topological polar surface area (TPSA) is 87.4 Å². The second-order valence-corrected chi connectivity index (χ2v) is 13.6. The van der Waals surface area contributed by atoms with E-state index >= 15 is 0 Å². The van der Waals surface area contributed by atoms with E-state index in [2.05, 4.69) is 39.1 Å². The van der Waals surface area contributed by atoms with Gasteiger partial charge in [-0.1, -0.05) is 71.7 Å². The molecule has 0 atom stereocenters. The third kappa shape index (κ3) is 7.59. The number of hydrogen-bond donors (Lipinski definition) is 0. The molecule has 9 nitrogen and oxygen atoms in total. The first-order valence-electron chi connectivity index (χ1n) is 18.9. The van der Waals surface area contributed by atoms with Gasteiger partial charge in [0.1, 0.15) is 0 Å². The zero-order chi connectivity index (χ0) is 39.1. The molecule has 0 spiro atoms. The van der Waals surface area contributed by atoms with Crippen molar-refractivity contribution in [3.8, 4) is 63.0 Å². The fourth-order valence-corrected chi connectivity index (χ4v) is 7.27. The van der Waals surface area contributed by atoms with Gasteiger partial charge in [-0.05, 0) is 47.8 Å². The molecule has 0 bridgehead atoms. The van der Waals surface area contributed by atoms with Crippen LogP contribution in [0.3, 0.4) is 0 Å². The summed E-state index contributed by atoms with van der Waals surface area (Å²) >= 11 is 0. The summed E-state index contributed by atoms with van der Waals surface area (Å²) in [7, 11) is 0. The van der Waals surface area contributed by atoms with Gasteiger partial charge in [0.05, 0.1) is 29.5 Å². The number of pyridine rings is 2. The van der Waals surface area contributed by atoms with E-state index < -0.39 is 0 Å². The summed E-state index contributed by atoms with van der Waals surface area (Å²) in [5.74, 6) is 3.95. The van der Waals surface area contributed by atoms with Crippen LogP contribution in [0.15, 0.2) is 170 Å². The van der Waals surface area contributed by atoms with Crippen molar-refractivity contribution in [1.29, 1.82) is 0 Å². The van der Waals surface area contributed by atoms with Gasteiger partial charge in [0.2, 0.25) is 5.95 Å². The number of para-hydroxylation sites is 4. The van der Waals surface area contributed by atoms with E-state index in [-0.39, 0.29) is 42.1 Å². The van der Waals surface area contributed by atoms with Crippen molar-refractivity contribution in [2.75, 3.05) is 4.90 Å². The van der Waals surface area contributed by atoms with Gasteiger partial charge in [0, 0.05) is 35.4 Å². The molecule has 0 saturated carbocycles. The predicted octanol–water partition coefficient (Wildman–Crippen LogP) is 12.1.